The van der Waals surface area contributed by atoms with Gasteiger partial charge in [0.25, 0.3) is 5.91 Å². The Hall–Kier alpha value is -3.11. The van der Waals surface area contributed by atoms with E-state index in [-0.39, 0.29) is 5.91 Å². The Morgan fingerprint density at radius 2 is 1.68 bits per heavy atom. The largest absolute Gasteiger partial charge is 0.331 e. The van der Waals surface area contributed by atoms with Gasteiger partial charge in [0.05, 0.1) is 10.2 Å². The number of hydrogen-bond donors (Lipinski definition) is 0. The number of carbonyl (C=O) groups excluding carboxylic acids is 1. The molecule has 140 valence electrons. The van der Waals surface area contributed by atoms with Crippen LogP contribution < -0.4 is 0 Å². The van der Waals surface area contributed by atoms with Crippen molar-refractivity contribution in [3.05, 3.63) is 108 Å². The van der Waals surface area contributed by atoms with Gasteiger partial charge in [0, 0.05) is 19.6 Å². The number of carbonyl (C=O) groups is 1. The minimum atomic E-state index is 0.0306. The van der Waals surface area contributed by atoms with Gasteiger partial charge in [-0.15, -0.1) is 17.9 Å². The average molecular weight is 387 g/mol. The van der Waals surface area contributed by atoms with Crippen LogP contribution in [0.2, 0.25) is 0 Å². The lowest BCUT2D eigenvalue weighted by Gasteiger charge is -2.22. The van der Waals surface area contributed by atoms with Gasteiger partial charge in [0.15, 0.2) is 0 Å². The molecule has 0 saturated heterocycles. The Morgan fingerprint density at radius 1 is 1.00 bits per heavy atom. The molecule has 0 saturated carbocycles. The van der Waals surface area contributed by atoms with Gasteiger partial charge >= 0.3 is 0 Å². The number of aromatic nitrogens is 1. The van der Waals surface area contributed by atoms with Gasteiger partial charge in [-0.05, 0) is 28.6 Å². The minimum Gasteiger partial charge on any atom is -0.331 e. The molecule has 0 fully saturated rings. The van der Waals surface area contributed by atoms with Crippen molar-refractivity contribution in [1.29, 1.82) is 0 Å². The third kappa shape index (κ3) is 3.78. The second-order valence-corrected chi connectivity index (χ2v) is 7.68. The Morgan fingerprint density at radius 3 is 2.36 bits per heavy atom. The molecule has 2 aromatic carbocycles. The van der Waals surface area contributed by atoms with Crippen LogP contribution in [0.3, 0.4) is 0 Å². The summed E-state index contributed by atoms with van der Waals surface area (Å²) in [7, 11) is 0. The van der Waals surface area contributed by atoms with Crippen molar-refractivity contribution in [3.8, 4) is 0 Å². The van der Waals surface area contributed by atoms with Crippen molar-refractivity contribution in [3.63, 3.8) is 0 Å². The molecule has 0 aliphatic heterocycles. The van der Waals surface area contributed by atoms with Crippen LogP contribution >= 0.6 is 11.3 Å². The molecule has 1 amide bonds. The highest BCUT2D eigenvalue weighted by atomic mass is 32.1. The maximum atomic E-state index is 13.5. The van der Waals surface area contributed by atoms with Crippen molar-refractivity contribution in [2.75, 3.05) is 6.54 Å². The highest BCUT2D eigenvalue weighted by Gasteiger charge is 2.21. The zero-order valence-electron chi connectivity index (χ0n) is 15.6. The summed E-state index contributed by atoms with van der Waals surface area (Å²) < 4.78 is 3.27. The van der Waals surface area contributed by atoms with E-state index in [1.54, 1.807) is 17.4 Å². The third-order valence-electron chi connectivity index (χ3n) is 4.78. The summed E-state index contributed by atoms with van der Waals surface area (Å²) in [5.74, 6) is 0.0306. The summed E-state index contributed by atoms with van der Waals surface area (Å²) in [5, 5.41) is 2.08. The van der Waals surface area contributed by atoms with Crippen LogP contribution in [0.25, 0.3) is 10.2 Å². The van der Waals surface area contributed by atoms with E-state index < -0.39 is 0 Å². The standard InChI is InChI=1S/C24H22N2OS/c1-2-14-25(17-19-9-5-3-6-10-19)24(27)22-16-23-21(13-15-28-23)26(22)18-20-11-7-4-8-12-20/h2-13,15-16H,1,14,17-18H2. The number of rotatable bonds is 7. The van der Waals surface area contributed by atoms with Crippen LogP contribution in [-0.2, 0) is 13.1 Å². The van der Waals surface area contributed by atoms with E-state index in [0.29, 0.717) is 19.6 Å². The third-order valence-corrected chi connectivity index (χ3v) is 5.63. The van der Waals surface area contributed by atoms with E-state index in [4.69, 9.17) is 0 Å². The highest BCUT2D eigenvalue weighted by molar-refractivity contribution is 7.17. The summed E-state index contributed by atoms with van der Waals surface area (Å²) in [6.07, 6.45) is 1.79. The monoisotopic (exact) mass is 386 g/mol. The lowest BCUT2D eigenvalue weighted by atomic mass is 10.2. The first-order valence-electron chi connectivity index (χ1n) is 9.31. The molecule has 0 atom stereocenters. The smallest absolute Gasteiger partial charge is 0.271 e. The maximum Gasteiger partial charge on any atom is 0.271 e. The normalized spacial score (nSPS) is 10.9. The van der Waals surface area contributed by atoms with Crippen molar-refractivity contribution in [2.45, 2.75) is 13.1 Å². The van der Waals surface area contributed by atoms with E-state index in [9.17, 15) is 4.79 Å². The zero-order valence-corrected chi connectivity index (χ0v) is 16.4. The molecule has 0 bridgehead atoms. The molecule has 4 aromatic rings. The summed E-state index contributed by atoms with van der Waals surface area (Å²) in [6, 6.07) is 24.5. The molecular weight excluding hydrogens is 364 g/mol. The predicted molar refractivity (Wildman–Crippen MR) is 117 cm³/mol. The van der Waals surface area contributed by atoms with Crippen LogP contribution in [0.15, 0.2) is 90.8 Å². The maximum absolute atomic E-state index is 13.5. The first kappa shape index (κ1) is 18.3. The van der Waals surface area contributed by atoms with Gasteiger partial charge < -0.3 is 9.47 Å². The molecule has 0 N–H and O–H groups in total. The fourth-order valence-electron chi connectivity index (χ4n) is 3.43. The van der Waals surface area contributed by atoms with Crippen molar-refractivity contribution in [1.82, 2.24) is 9.47 Å². The summed E-state index contributed by atoms with van der Waals surface area (Å²) in [5.41, 5.74) is 4.12. The van der Waals surface area contributed by atoms with Gasteiger partial charge in [-0.2, -0.15) is 0 Å². The Kier molecular flexibility index (Phi) is 5.40. The zero-order chi connectivity index (χ0) is 19.3. The van der Waals surface area contributed by atoms with E-state index >= 15 is 0 Å². The Bertz CT molecular complexity index is 1080. The quantitative estimate of drug-likeness (QED) is 0.381. The van der Waals surface area contributed by atoms with Gasteiger partial charge in [0.1, 0.15) is 5.69 Å². The van der Waals surface area contributed by atoms with E-state index in [1.165, 1.54) is 5.56 Å². The molecule has 0 unspecified atom stereocenters. The van der Waals surface area contributed by atoms with E-state index in [2.05, 4.69) is 34.7 Å². The van der Waals surface area contributed by atoms with E-state index in [1.807, 2.05) is 59.5 Å². The van der Waals surface area contributed by atoms with Gasteiger partial charge in [-0.1, -0.05) is 66.7 Å². The molecule has 0 spiro atoms. The van der Waals surface area contributed by atoms with Gasteiger partial charge in [-0.25, -0.2) is 0 Å². The first-order chi connectivity index (χ1) is 13.8. The molecule has 4 rings (SSSR count). The Balaban J connectivity index is 1.70. The second kappa shape index (κ2) is 8.28. The molecule has 28 heavy (non-hydrogen) atoms. The number of nitrogens with zero attached hydrogens (tertiary/aromatic N) is 2. The fraction of sp³-hybridized carbons (Fsp3) is 0.125. The second-order valence-electron chi connectivity index (χ2n) is 6.73. The lowest BCUT2D eigenvalue weighted by Crippen LogP contribution is -2.32. The molecule has 0 aliphatic carbocycles. The molecular formula is C24H22N2OS. The first-order valence-corrected chi connectivity index (χ1v) is 10.2. The number of hydrogen-bond acceptors (Lipinski definition) is 2. The van der Waals surface area contributed by atoms with E-state index in [0.717, 1.165) is 21.5 Å². The van der Waals surface area contributed by atoms with Crippen LogP contribution in [0.5, 0.6) is 0 Å². The van der Waals surface area contributed by atoms with Crippen molar-refractivity contribution < 1.29 is 4.79 Å². The SMILES string of the molecule is C=CCN(Cc1ccccc1)C(=O)c1cc2sccc2n1Cc1ccccc1. The topological polar surface area (TPSA) is 25.2 Å². The van der Waals surface area contributed by atoms with Crippen molar-refractivity contribution >= 4 is 27.5 Å². The van der Waals surface area contributed by atoms with Crippen LogP contribution in [0, 0.1) is 0 Å². The molecule has 2 aromatic heterocycles. The fourth-order valence-corrected chi connectivity index (χ4v) is 4.25. The number of thiophene rings is 1. The summed E-state index contributed by atoms with van der Waals surface area (Å²) in [6.45, 7) is 5.60. The van der Waals surface area contributed by atoms with Crippen LogP contribution in [0.4, 0.5) is 0 Å². The summed E-state index contributed by atoms with van der Waals surface area (Å²) >= 11 is 1.67. The molecule has 4 heteroatoms. The Labute approximate surface area is 169 Å². The number of fused-ring (bicyclic) bond motifs is 1. The van der Waals surface area contributed by atoms with Crippen LogP contribution in [0.1, 0.15) is 21.6 Å². The molecule has 2 heterocycles. The van der Waals surface area contributed by atoms with Gasteiger partial charge in [-0.3, -0.25) is 4.79 Å². The number of amides is 1. The molecule has 0 radical (unpaired) electrons. The lowest BCUT2D eigenvalue weighted by molar-refractivity contribution is 0.0753. The highest BCUT2D eigenvalue weighted by Crippen LogP contribution is 2.27. The molecule has 0 aliphatic rings. The minimum absolute atomic E-state index is 0.0306. The van der Waals surface area contributed by atoms with Gasteiger partial charge in [0.2, 0.25) is 0 Å². The summed E-state index contributed by atoms with van der Waals surface area (Å²) in [4.78, 5) is 15.3. The number of benzene rings is 2. The average Bonchev–Trinajstić information content (AvgIpc) is 3.31. The predicted octanol–water partition coefficient (Wildman–Crippen LogP) is 5.58. The molecule has 3 nitrogen and oxygen atoms in total. The van der Waals surface area contributed by atoms with Crippen LogP contribution in [-0.4, -0.2) is 21.9 Å². The van der Waals surface area contributed by atoms with Crippen molar-refractivity contribution in [2.24, 2.45) is 0 Å².